The second kappa shape index (κ2) is 4.62. The van der Waals surface area contributed by atoms with E-state index in [4.69, 9.17) is 51.1 Å². The minimum absolute atomic E-state index is 0.0103. The third-order valence-electron chi connectivity index (χ3n) is 1.22. The quantitative estimate of drug-likeness (QED) is 0.754. The first-order valence-corrected chi connectivity index (χ1v) is 6.00. The van der Waals surface area contributed by atoms with Gasteiger partial charge < -0.3 is 4.74 Å². The lowest BCUT2D eigenvalue weighted by atomic mass is 10.4. The summed E-state index contributed by atoms with van der Waals surface area (Å²) in [6.07, 6.45) is 0.0103. The summed E-state index contributed by atoms with van der Waals surface area (Å²) in [6, 6.07) is 0. The Morgan fingerprint density at radius 2 is 1.93 bits per heavy atom. The molecule has 0 radical (unpaired) electrons. The molecule has 0 N–H and O–H groups in total. The van der Waals surface area contributed by atoms with Crippen LogP contribution < -0.4 is 4.74 Å². The Labute approximate surface area is 106 Å². The van der Waals surface area contributed by atoms with Gasteiger partial charge in [0.05, 0.1) is 6.10 Å². The first-order valence-electron chi connectivity index (χ1n) is 3.71. The fourth-order valence-corrected chi connectivity index (χ4v) is 2.63. The van der Waals surface area contributed by atoms with E-state index >= 15 is 0 Å². The molecule has 1 aromatic heterocycles. The molecule has 0 saturated carbocycles. The lowest BCUT2D eigenvalue weighted by Gasteiger charge is -2.09. The molecule has 0 aliphatic rings. The Morgan fingerprint density at radius 1 is 1.36 bits per heavy atom. The molecule has 0 aliphatic carbocycles. The number of rotatable bonds is 2. The van der Waals surface area contributed by atoms with Gasteiger partial charge in [0.1, 0.15) is 10.7 Å². The molecule has 1 aromatic rings. The first-order chi connectivity index (χ1) is 6.32. The Morgan fingerprint density at radius 3 is 2.29 bits per heavy atom. The lowest BCUT2D eigenvalue weighted by molar-refractivity contribution is 0.250. The fourth-order valence-electron chi connectivity index (χ4n) is 0.727. The summed E-state index contributed by atoms with van der Waals surface area (Å²) < 4.78 is 7.69. The van der Waals surface area contributed by atoms with Crippen LogP contribution in [-0.4, -0.2) is 10.5 Å². The summed E-state index contributed by atoms with van der Waals surface area (Å²) in [4.78, 5) is 0. The highest BCUT2D eigenvalue weighted by molar-refractivity contribution is 7.08. The zero-order valence-electron chi connectivity index (χ0n) is 7.35. The van der Waals surface area contributed by atoms with Crippen molar-refractivity contribution in [1.29, 1.82) is 0 Å². The molecule has 0 aliphatic heterocycles. The molecule has 0 saturated heterocycles. The van der Waals surface area contributed by atoms with Crippen molar-refractivity contribution < 1.29 is 4.74 Å². The van der Waals surface area contributed by atoms with Crippen LogP contribution in [0.5, 0.6) is 5.06 Å². The predicted octanol–water partition coefficient (Wildman–Crippen LogP) is 4.41. The molecule has 14 heavy (non-hydrogen) atoms. The van der Waals surface area contributed by atoms with E-state index in [0.29, 0.717) is 5.06 Å². The third kappa shape index (κ3) is 3.04. The number of alkyl halides is 3. The van der Waals surface area contributed by atoms with Crippen molar-refractivity contribution in [3.63, 3.8) is 0 Å². The molecular formula is C7H7Cl4NOS. The molecule has 0 atom stereocenters. The molecule has 0 aromatic carbocycles. The number of halogens is 4. The van der Waals surface area contributed by atoms with Gasteiger partial charge in [-0.25, -0.2) is 0 Å². The van der Waals surface area contributed by atoms with E-state index in [1.165, 1.54) is 0 Å². The van der Waals surface area contributed by atoms with Gasteiger partial charge in [0, 0.05) is 11.5 Å². The van der Waals surface area contributed by atoms with Crippen molar-refractivity contribution in [2.24, 2.45) is 0 Å². The fraction of sp³-hybridized carbons (Fsp3) is 0.571. The maximum Gasteiger partial charge on any atom is 0.235 e. The average molecular weight is 295 g/mol. The first kappa shape index (κ1) is 12.7. The summed E-state index contributed by atoms with van der Waals surface area (Å²) in [5.41, 5.74) is 0.213. The zero-order chi connectivity index (χ0) is 10.9. The van der Waals surface area contributed by atoms with Crippen LogP contribution in [0.15, 0.2) is 0 Å². The molecule has 1 heterocycles. The molecule has 0 unspecified atom stereocenters. The van der Waals surface area contributed by atoms with Crippen LogP contribution in [0.25, 0.3) is 0 Å². The van der Waals surface area contributed by atoms with Gasteiger partial charge in [-0.3, -0.25) is 0 Å². The van der Waals surface area contributed by atoms with Crippen molar-refractivity contribution in [2.75, 3.05) is 0 Å². The van der Waals surface area contributed by atoms with E-state index in [9.17, 15) is 0 Å². The van der Waals surface area contributed by atoms with Crippen molar-refractivity contribution in [1.82, 2.24) is 4.37 Å². The zero-order valence-corrected chi connectivity index (χ0v) is 11.2. The van der Waals surface area contributed by atoms with Crippen LogP contribution in [0.3, 0.4) is 0 Å². The lowest BCUT2D eigenvalue weighted by Crippen LogP contribution is -2.05. The van der Waals surface area contributed by atoms with Gasteiger partial charge in [0.15, 0.2) is 0 Å². The average Bonchev–Trinajstić information content (AvgIpc) is 2.30. The van der Waals surface area contributed by atoms with Gasteiger partial charge in [0.2, 0.25) is 8.86 Å². The second-order valence-electron chi connectivity index (χ2n) is 2.80. The molecule has 0 spiro atoms. The Kier molecular flexibility index (Phi) is 4.18. The summed E-state index contributed by atoms with van der Waals surface area (Å²) in [5.74, 6) is 0. The Balaban J connectivity index is 2.97. The maximum atomic E-state index is 5.92. The monoisotopic (exact) mass is 293 g/mol. The van der Waals surface area contributed by atoms with E-state index in [0.717, 1.165) is 11.5 Å². The molecule has 0 bridgehead atoms. The topological polar surface area (TPSA) is 22.1 Å². The van der Waals surface area contributed by atoms with E-state index in [2.05, 4.69) is 4.37 Å². The number of hydrogen-bond acceptors (Lipinski definition) is 3. The van der Waals surface area contributed by atoms with Gasteiger partial charge in [-0.05, 0) is 13.8 Å². The minimum Gasteiger partial charge on any atom is -0.479 e. The van der Waals surface area contributed by atoms with Crippen LogP contribution in [0, 0.1) is 0 Å². The highest BCUT2D eigenvalue weighted by Crippen LogP contribution is 2.46. The molecular weight excluding hydrogens is 288 g/mol. The van der Waals surface area contributed by atoms with Gasteiger partial charge in [-0.2, -0.15) is 4.37 Å². The van der Waals surface area contributed by atoms with E-state index < -0.39 is 3.79 Å². The van der Waals surface area contributed by atoms with Crippen LogP contribution in [0.4, 0.5) is 0 Å². The number of nitrogens with zero attached hydrogens (tertiary/aromatic N) is 1. The SMILES string of the molecule is CC(C)Oc1snc(C(Cl)(Cl)Cl)c1Cl. The van der Waals surface area contributed by atoms with Crippen molar-refractivity contribution in [3.8, 4) is 5.06 Å². The molecule has 1 rings (SSSR count). The number of aromatic nitrogens is 1. The van der Waals surface area contributed by atoms with Crippen LogP contribution in [-0.2, 0) is 3.79 Å². The number of hydrogen-bond donors (Lipinski definition) is 0. The van der Waals surface area contributed by atoms with E-state index in [1.54, 1.807) is 0 Å². The van der Waals surface area contributed by atoms with Crippen LogP contribution in [0.2, 0.25) is 5.02 Å². The van der Waals surface area contributed by atoms with Gasteiger partial charge in [0.25, 0.3) is 0 Å². The molecule has 0 fully saturated rings. The maximum absolute atomic E-state index is 5.92. The van der Waals surface area contributed by atoms with Crippen molar-refractivity contribution in [2.45, 2.75) is 23.7 Å². The minimum atomic E-state index is -1.60. The summed E-state index contributed by atoms with van der Waals surface area (Å²) in [6.45, 7) is 3.76. The van der Waals surface area contributed by atoms with Gasteiger partial charge in [-0.1, -0.05) is 46.4 Å². The van der Waals surface area contributed by atoms with Gasteiger partial charge in [-0.15, -0.1) is 0 Å². The smallest absolute Gasteiger partial charge is 0.235 e. The molecule has 7 heteroatoms. The van der Waals surface area contributed by atoms with Crippen molar-refractivity contribution in [3.05, 3.63) is 10.7 Å². The number of ether oxygens (including phenoxy) is 1. The summed E-state index contributed by atoms with van der Waals surface area (Å²) in [5, 5.41) is 0.742. The third-order valence-corrected chi connectivity index (χ3v) is 2.96. The van der Waals surface area contributed by atoms with Crippen LogP contribution >= 0.6 is 57.9 Å². The molecule has 0 amide bonds. The molecule has 2 nitrogen and oxygen atoms in total. The largest absolute Gasteiger partial charge is 0.479 e. The van der Waals surface area contributed by atoms with E-state index in [1.807, 2.05) is 13.8 Å². The molecule has 80 valence electrons. The van der Waals surface area contributed by atoms with Gasteiger partial charge >= 0.3 is 0 Å². The summed E-state index contributed by atoms with van der Waals surface area (Å²) >= 11 is 23.9. The Hall–Kier alpha value is 0.590. The van der Waals surface area contributed by atoms with E-state index in [-0.39, 0.29) is 16.8 Å². The standard InChI is InChI=1S/C7H7Cl4NOS/c1-3(2)13-6-4(8)5(12-14-6)7(9,10)11/h3H,1-2H3. The van der Waals surface area contributed by atoms with Crippen LogP contribution in [0.1, 0.15) is 19.5 Å². The van der Waals surface area contributed by atoms with Crippen molar-refractivity contribution >= 4 is 57.9 Å². The second-order valence-corrected chi connectivity index (χ2v) is 6.19. The highest BCUT2D eigenvalue weighted by Gasteiger charge is 2.31. The Bertz CT molecular complexity index is 320. The highest BCUT2D eigenvalue weighted by atomic mass is 35.6. The normalized spacial score (nSPS) is 12.2. The predicted molar refractivity (Wildman–Crippen MR) is 62.1 cm³/mol. The summed E-state index contributed by atoms with van der Waals surface area (Å²) in [7, 11) is 0.